The van der Waals surface area contributed by atoms with Crippen molar-refractivity contribution in [2.45, 2.75) is 12.8 Å². The van der Waals surface area contributed by atoms with Gasteiger partial charge in [-0.2, -0.15) is 0 Å². The normalized spacial score (nSPS) is 19.4. The van der Waals surface area contributed by atoms with Gasteiger partial charge in [-0.3, -0.25) is 9.59 Å². The second kappa shape index (κ2) is 7.72. The highest BCUT2D eigenvalue weighted by Crippen LogP contribution is 2.26. The van der Waals surface area contributed by atoms with Gasteiger partial charge in [-0.25, -0.2) is 0 Å². The third kappa shape index (κ3) is 3.68. The van der Waals surface area contributed by atoms with Crippen LogP contribution in [-0.2, 0) is 4.79 Å². The lowest BCUT2D eigenvalue weighted by atomic mass is 9.96. The molecule has 0 aromatic heterocycles. The lowest BCUT2D eigenvalue weighted by Gasteiger charge is -2.37. The van der Waals surface area contributed by atoms with Crippen molar-refractivity contribution < 1.29 is 9.59 Å². The molecule has 1 N–H and O–H groups in total. The van der Waals surface area contributed by atoms with Crippen molar-refractivity contribution >= 4 is 35.0 Å². The first-order chi connectivity index (χ1) is 11.6. The summed E-state index contributed by atoms with van der Waals surface area (Å²) in [4.78, 5) is 28.8. The number of hydrogen-bond donors (Lipinski definition) is 1. The van der Waals surface area contributed by atoms with Gasteiger partial charge in [0, 0.05) is 32.1 Å². The SMILES string of the molecule is O=C(c1c(Cl)cccc1Cl)N1CCN(C(=O)C2CCNCC2)CC1. The van der Waals surface area contributed by atoms with E-state index in [9.17, 15) is 9.59 Å². The van der Waals surface area contributed by atoms with Gasteiger partial charge in [-0.1, -0.05) is 29.3 Å². The number of piperazine rings is 1. The molecule has 130 valence electrons. The van der Waals surface area contributed by atoms with Gasteiger partial charge in [0.25, 0.3) is 5.91 Å². The molecule has 0 radical (unpaired) electrons. The van der Waals surface area contributed by atoms with Crippen LogP contribution in [-0.4, -0.2) is 60.9 Å². The van der Waals surface area contributed by atoms with Gasteiger partial charge in [-0.15, -0.1) is 0 Å². The Hall–Kier alpha value is -1.30. The van der Waals surface area contributed by atoms with Crippen molar-refractivity contribution in [2.24, 2.45) is 5.92 Å². The van der Waals surface area contributed by atoms with Gasteiger partial charge in [0.05, 0.1) is 15.6 Å². The monoisotopic (exact) mass is 369 g/mol. The van der Waals surface area contributed by atoms with E-state index in [0.717, 1.165) is 25.9 Å². The summed E-state index contributed by atoms with van der Waals surface area (Å²) in [6.45, 7) is 3.96. The summed E-state index contributed by atoms with van der Waals surface area (Å²) >= 11 is 12.2. The average Bonchev–Trinajstić information content (AvgIpc) is 2.62. The number of carbonyl (C=O) groups is 2. The summed E-state index contributed by atoms with van der Waals surface area (Å²) in [5, 5.41) is 4.00. The van der Waals surface area contributed by atoms with Gasteiger partial charge < -0.3 is 15.1 Å². The van der Waals surface area contributed by atoms with Gasteiger partial charge in [0.2, 0.25) is 5.91 Å². The molecular weight excluding hydrogens is 349 g/mol. The minimum absolute atomic E-state index is 0.117. The van der Waals surface area contributed by atoms with Crippen molar-refractivity contribution in [1.82, 2.24) is 15.1 Å². The zero-order valence-electron chi connectivity index (χ0n) is 13.4. The Bertz CT molecular complexity index is 604. The summed E-state index contributed by atoms with van der Waals surface area (Å²) in [6.07, 6.45) is 1.79. The van der Waals surface area contributed by atoms with E-state index in [2.05, 4.69) is 5.32 Å². The van der Waals surface area contributed by atoms with Gasteiger partial charge >= 0.3 is 0 Å². The van der Waals surface area contributed by atoms with Crippen LogP contribution in [0.2, 0.25) is 10.0 Å². The maximum absolute atomic E-state index is 12.7. The van der Waals surface area contributed by atoms with Crippen molar-refractivity contribution in [1.29, 1.82) is 0 Å². The lowest BCUT2D eigenvalue weighted by molar-refractivity contribution is -0.137. The molecule has 0 aliphatic carbocycles. The van der Waals surface area contributed by atoms with Crippen LogP contribution in [0.4, 0.5) is 0 Å². The number of piperidine rings is 1. The number of halogens is 2. The first kappa shape index (κ1) is 17.5. The van der Waals surface area contributed by atoms with Gasteiger partial charge in [0.15, 0.2) is 0 Å². The predicted octanol–water partition coefficient (Wildman–Crippen LogP) is 2.28. The Balaban J connectivity index is 1.60. The minimum Gasteiger partial charge on any atom is -0.339 e. The van der Waals surface area contributed by atoms with E-state index in [1.807, 2.05) is 4.90 Å². The molecule has 0 unspecified atom stereocenters. The number of nitrogens with zero attached hydrogens (tertiary/aromatic N) is 2. The van der Waals surface area contributed by atoms with Crippen LogP contribution in [0, 0.1) is 5.92 Å². The molecule has 2 amide bonds. The minimum atomic E-state index is -0.167. The van der Waals surface area contributed by atoms with E-state index >= 15 is 0 Å². The zero-order chi connectivity index (χ0) is 17.1. The molecule has 2 fully saturated rings. The van der Waals surface area contributed by atoms with E-state index in [1.54, 1.807) is 23.1 Å². The Labute approximate surface area is 151 Å². The Morgan fingerprint density at radius 1 is 0.958 bits per heavy atom. The van der Waals surface area contributed by atoms with Crippen LogP contribution < -0.4 is 5.32 Å². The van der Waals surface area contributed by atoms with Gasteiger partial charge in [0.1, 0.15) is 0 Å². The van der Waals surface area contributed by atoms with Crippen LogP contribution in [0.3, 0.4) is 0 Å². The molecule has 2 aliphatic heterocycles. The van der Waals surface area contributed by atoms with Crippen LogP contribution in [0.15, 0.2) is 18.2 Å². The van der Waals surface area contributed by atoms with Crippen LogP contribution in [0.25, 0.3) is 0 Å². The van der Waals surface area contributed by atoms with E-state index < -0.39 is 0 Å². The van der Waals surface area contributed by atoms with E-state index in [4.69, 9.17) is 23.2 Å². The predicted molar refractivity (Wildman–Crippen MR) is 94.5 cm³/mol. The molecule has 0 spiro atoms. The average molecular weight is 370 g/mol. The first-order valence-electron chi connectivity index (χ1n) is 8.30. The summed E-state index contributed by atoms with van der Waals surface area (Å²) in [5.74, 6) is 0.172. The summed E-state index contributed by atoms with van der Waals surface area (Å²) < 4.78 is 0. The quantitative estimate of drug-likeness (QED) is 0.869. The zero-order valence-corrected chi connectivity index (χ0v) is 14.9. The maximum atomic E-state index is 12.7. The molecule has 0 bridgehead atoms. The van der Waals surface area contributed by atoms with Crippen molar-refractivity contribution in [3.63, 3.8) is 0 Å². The molecule has 0 atom stereocenters. The topological polar surface area (TPSA) is 52.7 Å². The van der Waals surface area contributed by atoms with Crippen LogP contribution >= 0.6 is 23.2 Å². The Morgan fingerprint density at radius 3 is 2.08 bits per heavy atom. The van der Waals surface area contributed by atoms with E-state index in [0.29, 0.717) is 41.8 Å². The second-order valence-corrected chi connectivity index (χ2v) is 7.05. The summed E-state index contributed by atoms with van der Waals surface area (Å²) in [5.41, 5.74) is 0.346. The molecule has 0 saturated carbocycles. The molecule has 2 aliphatic rings. The third-order valence-corrected chi connectivity index (χ3v) is 5.37. The van der Waals surface area contributed by atoms with Crippen molar-refractivity contribution in [3.05, 3.63) is 33.8 Å². The Morgan fingerprint density at radius 2 is 1.50 bits per heavy atom. The maximum Gasteiger partial charge on any atom is 0.257 e. The summed E-state index contributed by atoms with van der Waals surface area (Å²) in [6, 6.07) is 5.05. The van der Waals surface area contributed by atoms with E-state index in [-0.39, 0.29) is 17.7 Å². The molecule has 24 heavy (non-hydrogen) atoms. The fraction of sp³-hybridized carbons (Fsp3) is 0.529. The number of amides is 2. The lowest BCUT2D eigenvalue weighted by Crippen LogP contribution is -2.52. The molecule has 2 saturated heterocycles. The molecule has 3 rings (SSSR count). The van der Waals surface area contributed by atoms with Gasteiger partial charge in [-0.05, 0) is 38.1 Å². The van der Waals surface area contributed by atoms with Crippen molar-refractivity contribution in [3.8, 4) is 0 Å². The number of rotatable bonds is 2. The van der Waals surface area contributed by atoms with Crippen LogP contribution in [0.1, 0.15) is 23.2 Å². The molecule has 1 aromatic rings. The van der Waals surface area contributed by atoms with Crippen molar-refractivity contribution in [2.75, 3.05) is 39.3 Å². The largest absolute Gasteiger partial charge is 0.339 e. The smallest absolute Gasteiger partial charge is 0.257 e. The first-order valence-corrected chi connectivity index (χ1v) is 9.06. The standard InChI is InChI=1S/C17H21Cl2N3O2/c18-13-2-1-3-14(19)15(13)17(24)22-10-8-21(9-11-22)16(23)12-4-6-20-7-5-12/h1-3,12,20H,4-11H2. The molecule has 1 aromatic carbocycles. The number of hydrogen-bond acceptors (Lipinski definition) is 3. The molecule has 2 heterocycles. The molecular formula is C17H21Cl2N3O2. The second-order valence-electron chi connectivity index (χ2n) is 6.24. The fourth-order valence-electron chi connectivity index (χ4n) is 3.32. The molecule has 5 nitrogen and oxygen atoms in total. The third-order valence-electron chi connectivity index (χ3n) is 4.74. The molecule has 7 heteroatoms. The Kier molecular flexibility index (Phi) is 5.64. The number of nitrogens with one attached hydrogen (secondary N) is 1. The number of benzene rings is 1. The fourth-order valence-corrected chi connectivity index (χ4v) is 3.88. The van der Waals surface area contributed by atoms with E-state index in [1.165, 1.54) is 0 Å². The highest BCUT2D eigenvalue weighted by molar-refractivity contribution is 6.39. The summed E-state index contributed by atoms with van der Waals surface area (Å²) in [7, 11) is 0. The highest BCUT2D eigenvalue weighted by atomic mass is 35.5. The van der Waals surface area contributed by atoms with Crippen LogP contribution in [0.5, 0.6) is 0 Å². The number of carbonyl (C=O) groups excluding carboxylic acids is 2. The highest BCUT2D eigenvalue weighted by Gasteiger charge is 2.30.